The van der Waals surface area contributed by atoms with Crippen molar-refractivity contribution in [1.29, 1.82) is 0 Å². The van der Waals surface area contributed by atoms with Gasteiger partial charge in [-0.1, -0.05) is 81.4 Å². The fourth-order valence-electron chi connectivity index (χ4n) is 9.18. The molecule has 1 saturated heterocycles. The molecule has 3 aromatic carbocycles. The smallest absolute Gasteiger partial charge is 0.251 e. The molecular formula is C42H56N4O6. The summed E-state index contributed by atoms with van der Waals surface area (Å²) >= 11 is 0. The molecule has 2 amide bonds. The Morgan fingerprint density at radius 1 is 1.06 bits per heavy atom. The van der Waals surface area contributed by atoms with E-state index in [2.05, 4.69) is 36.3 Å². The van der Waals surface area contributed by atoms with Crippen molar-refractivity contribution in [2.75, 3.05) is 34.4 Å². The lowest BCUT2D eigenvalue weighted by atomic mass is 9.45. The van der Waals surface area contributed by atoms with Crippen LogP contribution >= 0.6 is 0 Å². The standard InChI is InChI=1S/C42H56N4O6/c1-25-33-20-31(42(33,3)4)21-34(25)43-41(50)38-37(26(2)48)36(24-47)52-46(38)22-30-17-12-18-32(39(30)51-7)28-15-11-16-29(19-28)40(49)44-35(23-45(5)6)27-13-9-8-10-14-27/h8-19,25-26,31,33-38,47-48H,20-24H2,1-7H3,(H,43,50)(H,44,49)/t25-,26-,31+,33-,34-,35+,36-,37-,38-/m0/s1. The molecular weight excluding hydrogens is 656 g/mol. The number of carbonyl (C=O) groups is 2. The number of likely N-dealkylation sites (N-methyl/N-ethyl adjacent to an activating group) is 1. The number of methoxy groups -OCH3 is 1. The normalized spacial score (nSPS) is 27.8. The zero-order valence-corrected chi connectivity index (χ0v) is 31.6. The van der Waals surface area contributed by atoms with Crippen LogP contribution in [0.15, 0.2) is 72.8 Å². The van der Waals surface area contributed by atoms with Gasteiger partial charge in [0.15, 0.2) is 0 Å². The Morgan fingerprint density at radius 2 is 1.79 bits per heavy atom. The second-order valence-electron chi connectivity index (χ2n) is 16.0. The fraction of sp³-hybridized carbons (Fsp3) is 0.524. The molecule has 4 fully saturated rings. The Bertz CT molecular complexity index is 1710. The molecule has 2 bridgehead atoms. The van der Waals surface area contributed by atoms with Crippen molar-refractivity contribution in [2.24, 2.45) is 29.1 Å². The van der Waals surface area contributed by atoms with E-state index < -0.39 is 24.2 Å². The maximum atomic E-state index is 14.2. The number of amides is 2. The average molecular weight is 713 g/mol. The summed E-state index contributed by atoms with van der Waals surface area (Å²) in [7, 11) is 5.57. The van der Waals surface area contributed by atoms with Crippen LogP contribution in [0.1, 0.15) is 68.1 Å². The lowest BCUT2D eigenvalue weighted by Crippen LogP contribution is -2.62. The van der Waals surface area contributed by atoms with Gasteiger partial charge < -0.3 is 30.5 Å². The highest BCUT2D eigenvalue weighted by Gasteiger charge is 2.57. The van der Waals surface area contributed by atoms with Crippen LogP contribution in [0, 0.1) is 29.1 Å². The maximum Gasteiger partial charge on any atom is 0.251 e. The van der Waals surface area contributed by atoms with Crippen molar-refractivity contribution >= 4 is 11.8 Å². The van der Waals surface area contributed by atoms with Crippen molar-refractivity contribution < 1.29 is 29.4 Å². The molecule has 0 spiro atoms. The number of carbonyl (C=O) groups excluding carboxylic acids is 2. The molecule has 3 aliphatic carbocycles. The molecule has 3 saturated carbocycles. The Kier molecular flexibility index (Phi) is 11.4. The number of rotatable bonds is 13. The molecule has 0 radical (unpaired) electrons. The lowest BCUT2D eigenvalue weighted by molar-refractivity contribution is -0.183. The predicted molar refractivity (Wildman–Crippen MR) is 201 cm³/mol. The van der Waals surface area contributed by atoms with Crippen molar-refractivity contribution in [3.8, 4) is 16.9 Å². The van der Waals surface area contributed by atoms with Crippen molar-refractivity contribution in [3.05, 3.63) is 89.5 Å². The van der Waals surface area contributed by atoms with Crippen LogP contribution in [-0.2, 0) is 16.2 Å². The highest BCUT2D eigenvalue weighted by molar-refractivity contribution is 5.96. The number of aliphatic hydroxyl groups is 2. The van der Waals surface area contributed by atoms with Crippen LogP contribution in [0.2, 0.25) is 0 Å². The van der Waals surface area contributed by atoms with E-state index in [9.17, 15) is 19.8 Å². The lowest BCUT2D eigenvalue weighted by Gasteiger charge is -2.62. The topological polar surface area (TPSA) is 124 Å². The molecule has 4 N–H and O–H groups in total. The molecule has 0 aromatic heterocycles. The van der Waals surface area contributed by atoms with Crippen LogP contribution in [0.25, 0.3) is 11.1 Å². The Morgan fingerprint density at radius 3 is 2.42 bits per heavy atom. The Labute approximate surface area is 308 Å². The van der Waals surface area contributed by atoms with E-state index in [0.717, 1.165) is 28.7 Å². The monoisotopic (exact) mass is 712 g/mol. The largest absolute Gasteiger partial charge is 0.496 e. The summed E-state index contributed by atoms with van der Waals surface area (Å²) in [6, 6.07) is 22.2. The van der Waals surface area contributed by atoms with E-state index in [4.69, 9.17) is 9.57 Å². The number of nitrogens with one attached hydrogen (secondary N) is 2. The van der Waals surface area contributed by atoms with Crippen molar-refractivity contribution in [3.63, 3.8) is 0 Å². The minimum absolute atomic E-state index is 0.0437. The molecule has 7 rings (SSSR count). The van der Waals surface area contributed by atoms with Gasteiger partial charge in [0.2, 0.25) is 5.91 Å². The van der Waals surface area contributed by atoms with E-state index in [1.807, 2.05) is 80.8 Å². The summed E-state index contributed by atoms with van der Waals surface area (Å²) in [6.45, 7) is 9.05. The summed E-state index contributed by atoms with van der Waals surface area (Å²) in [5.41, 5.74) is 4.18. The molecule has 9 atom stereocenters. The van der Waals surface area contributed by atoms with Gasteiger partial charge in [0.1, 0.15) is 17.9 Å². The fourth-order valence-corrected chi connectivity index (χ4v) is 9.18. The second kappa shape index (κ2) is 15.7. The molecule has 0 unspecified atom stereocenters. The van der Waals surface area contributed by atoms with E-state index >= 15 is 0 Å². The highest BCUT2D eigenvalue weighted by atomic mass is 16.7. The van der Waals surface area contributed by atoms with Crippen LogP contribution in [0.5, 0.6) is 5.75 Å². The van der Waals surface area contributed by atoms with Crippen molar-refractivity contribution in [2.45, 2.75) is 77.4 Å². The zero-order valence-electron chi connectivity index (χ0n) is 31.6. The molecule has 1 heterocycles. The van der Waals surface area contributed by atoms with E-state index in [0.29, 0.717) is 35.6 Å². The quantitative estimate of drug-likeness (QED) is 0.194. The van der Waals surface area contributed by atoms with E-state index in [-0.39, 0.29) is 42.5 Å². The van der Waals surface area contributed by atoms with Gasteiger partial charge in [-0.2, -0.15) is 5.06 Å². The minimum Gasteiger partial charge on any atom is -0.496 e. The number of nitrogens with zero attached hydrogens (tertiary/aromatic N) is 2. The number of ether oxygens (including phenoxy) is 1. The van der Waals surface area contributed by atoms with E-state index in [1.54, 1.807) is 25.2 Å². The first kappa shape index (κ1) is 37.9. The minimum atomic E-state index is -0.893. The molecule has 10 nitrogen and oxygen atoms in total. The van der Waals surface area contributed by atoms with Gasteiger partial charge in [0, 0.05) is 35.2 Å². The van der Waals surface area contributed by atoms with Gasteiger partial charge in [-0.25, -0.2) is 0 Å². The van der Waals surface area contributed by atoms with Gasteiger partial charge in [0.25, 0.3) is 5.91 Å². The molecule has 52 heavy (non-hydrogen) atoms. The SMILES string of the molecule is COc1c(CN2O[C@@H](CO)[C@H]([C@H](C)O)[C@H]2C(=O)N[C@H]2C[C@H]3C[C@@H]([C@@H]2C)C3(C)C)cccc1-c1cccc(C(=O)N[C@H](CN(C)C)c2ccccc2)c1. The zero-order chi connectivity index (χ0) is 37.3. The maximum absolute atomic E-state index is 14.2. The van der Waals surface area contributed by atoms with Crippen LogP contribution < -0.4 is 15.4 Å². The summed E-state index contributed by atoms with van der Waals surface area (Å²) < 4.78 is 6.01. The average Bonchev–Trinajstić information content (AvgIpc) is 3.50. The number of fused-ring (bicyclic) bond motifs is 2. The molecule has 1 aliphatic heterocycles. The van der Waals surface area contributed by atoms with Crippen LogP contribution in [0.3, 0.4) is 0 Å². The summed E-state index contributed by atoms with van der Waals surface area (Å²) in [5.74, 6) is 1.05. The van der Waals surface area contributed by atoms with E-state index in [1.165, 1.54) is 6.42 Å². The van der Waals surface area contributed by atoms with Gasteiger partial charge in [0.05, 0.1) is 32.4 Å². The molecule has 10 heteroatoms. The molecule has 4 aliphatic rings. The Hall–Kier alpha value is -3.80. The van der Waals surface area contributed by atoms with Gasteiger partial charge in [-0.05, 0) is 80.3 Å². The summed E-state index contributed by atoms with van der Waals surface area (Å²) in [6.07, 6.45) is 0.498. The number of benzene rings is 3. The number of hydrogen-bond acceptors (Lipinski definition) is 8. The third-order valence-electron chi connectivity index (χ3n) is 12.2. The highest BCUT2D eigenvalue weighted by Crippen LogP contribution is 2.61. The van der Waals surface area contributed by atoms with Gasteiger partial charge >= 0.3 is 0 Å². The molecule has 3 aromatic rings. The first-order chi connectivity index (χ1) is 24.8. The third kappa shape index (κ3) is 7.50. The second-order valence-corrected chi connectivity index (χ2v) is 16.0. The molecule has 280 valence electrons. The first-order valence-corrected chi connectivity index (χ1v) is 18.6. The van der Waals surface area contributed by atoms with Crippen LogP contribution in [0.4, 0.5) is 0 Å². The number of hydroxylamine groups is 2. The third-order valence-corrected chi connectivity index (χ3v) is 12.2. The van der Waals surface area contributed by atoms with Gasteiger partial charge in [-0.15, -0.1) is 0 Å². The number of hydrogen-bond donors (Lipinski definition) is 4. The first-order valence-electron chi connectivity index (χ1n) is 18.6. The Balaban J connectivity index is 1.24. The number of aliphatic hydroxyl groups excluding tert-OH is 2. The predicted octanol–water partition coefficient (Wildman–Crippen LogP) is 5.06. The van der Waals surface area contributed by atoms with Crippen LogP contribution in [-0.4, -0.2) is 90.6 Å². The summed E-state index contributed by atoms with van der Waals surface area (Å²) in [5, 5.41) is 29.4. The van der Waals surface area contributed by atoms with Gasteiger partial charge in [-0.3, -0.25) is 14.4 Å². The number of para-hydroxylation sites is 1. The summed E-state index contributed by atoms with van der Waals surface area (Å²) in [4.78, 5) is 36.1. The van der Waals surface area contributed by atoms with Crippen molar-refractivity contribution in [1.82, 2.24) is 20.6 Å².